The number of amides is 2. The van der Waals surface area contributed by atoms with Gasteiger partial charge in [0, 0.05) is 36.5 Å². The first-order valence-corrected chi connectivity index (χ1v) is 13.5. The molecule has 3 heterocycles. The molecule has 1 atom stereocenters. The van der Waals surface area contributed by atoms with Gasteiger partial charge in [-0.15, -0.1) is 0 Å². The summed E-state index contributed by atoms with van der Waals surface area (Å²) in [5, 5.41) is 3.03. The van der Waals surface area contributed by atoms with Gasteiger partial charge in [-0.1, -0.05) is 60.7 Å². The van der Waals surface area contributed by atoms with Crippen molar-refractivity contribution in [1.82, 2.24) is 19.8 Å². The number of imidazole rings is 1. The number of aromatic nitrogens is 2. The van der Waals surface area contributed by atoms with Gasteiger partial charge >= 0.3 is 12.2 Å². The van der Waals surface area contributed by atoms with E-state index in [1.165, 1.54) is 12.1 Å². The molecule has 0 saturated carbocycles. The van der Waals surface area contributed by atoms with E-state index < -0.39 is 11.7 Å². The van der Waals surface area contributed by atoms with Gasteiger partial charge in [-0.2, -0.15) is 13.2 Å². The number of hydrogen-bond acceptors (Lipinski definition) is 3. The minimum atomic E-state index is -4.39. The standard InChI is InChI=1S/C31H30F3N5O/c32-31(33,34)24-15-13-22(14-16-24)29-35-26(18-21-8-2-1-3-9-21)27(36-29)20-38-17-7-6-12-28(38)39-19-23-10-4-5-11-25(23)37-30(39)40/h1-5,8-11,13-16,28H,6-7,12,17-20H2,(H,35,36)(H,37,40). The van der Waals surface area contributed by atoms with Crippen LogP contribution < -0.4 is 5.32 Å². The fourth-order valence-corrected chi connectivity index (χ4v) is 5.64. The number of H-pyrrole nitrogens is 1. The molecule has 40 heavy (non-hydrogen) atoms. The Bertz CT molecular complexity index is 1480. The largest absolute Gasteiger partial charge is 0.416 e. The number of carbonyl (C=O) groups is 1. The molecule has 2 aliphatic heterocycles. The van der Waals surface area contributed by atoms with E-state index in [0.717, 1.165) is 66.1 Å². The Kier molecular flexibility index (Phi) is 7.06. The van der Waals surface area contributed by atoms with Crippen LogP contribution in [0.3, 0.4) is 0 Å². The van der Waals surface area contributed by atoms with Gasteiger partial charge in [0.15, 0.2) is 0 Å². The molecule has 1 saturated heterocycles. The Balaban J connectivity index is 1.30. The van der Waals surface area contributed by atoms with Crippen molar-refractivity contribution >= 4 is 11.7 Å². The lowest BCUT2D eigenvalue weighted by molar-refractivity contribution is -0.137. The van der Waals surface area contributed by atoms with Gasteiger partial charge in [-0.05, 0) is 48.6 Å². The van der Waals surface area contributed by atoms with Crippen molar-refractivity contribution in [2.24, 2.45) is 0 Å². The molecule has 1 aromatic heterocycles. The van der Waals surface area contributed by atoms with Crippen LogP contribution in [0.2, 0.25) is 0 Å². The number of piperidine rings is 1. The zero-order chi connectivity index (χ0) is 27.7. The number of nitrogens with zero attached hydrogens (tertiary/aromatic N) is 3. The highest BCUT2D eigenvalue weighted by Crippen LogP contribution is 2.33. The molecule has 0 bridgehead atoms. The first-order chi connectivity index (χ1) is 19.3. The summed E-state index contributed by atoms with van der Waals surface area (Å²) in [5.74, 6) is 0.535. The number of para-hydroxylation sites is 1. The van der Waals surface area contributed by atoms with Gasteiger partial charge in [-0.3, -0.25) is 4.90 Å². The van der Waals surface area contributed by atoms with Crippen LogP contribution in [0.25, 0.3) is 11.4 Å². The second kappa shape index (κ2) is 10.8. The van der Waals surface area contributed by atoms with Crippen LogP contribution in [0.4, 0.5) is 23.7 Å². The molecule has 6 rings (SSSR count). The van der Waals surface area contributed by atoms with Crippen LogP contribution >= 0.6 is 0 Å². The average Bonchev–Trinajstić information content (AvgIpc) is 3.35. The lowest BCUT2D eigenvalue weighted by Crippen LogP contribution is -2.55. The third-order valence-electron chi connectivity index (χ3n) is 7.73. The second-order valence-corrected chi connectivity index (χ2v) is 10.4. The maximum absolute atomic E-state index is 13.1. The number of benzene rings is 3. The number of halogens is 3. The fraction of sp³-hybridized carbons (Fsp3) is 0.290. The Hall–Kier alpha value is -4.11. The minimum Gasteiger partial charge on any atom is -0.341 e. The van der Waals surface area contributed by atoms with Crippen LogP contribution in [0, 0.1) is 0 Å². The number of carbonyl (C=O) groups excluding carboxylic acids is 1. The summed E-state index contributed by atoms with van der Waals surface area (Å²) in [5.41, 5.74) is 4.70. The lowest BCUT2D eigenvalue weighted by atomic mass is 10.0. The predicted molar refractivity (Wildman–Crippen MR) is 147 cm³/mol. The molecular formula is C31H30F3N5O. The van der Waals surface area contributed by atoms with Gasteiger partial charge in [0.1, 0.15) is 5.82 Å². The minimum absolute atomic E-state index is 0.0853. The van der Waals surface area contributed by atoms with E-state index in [4.69, 9.17) is 4.98 Å². The lowest BCUT2D eigenvalue weighted by Gasteiger charge is -2.44. The van der Waals surface area contributed by atoms with Gasteiger partial charge in [-0.25, -0.2) is 9.78 Å². The number of hydrogen-bond donors (Lipinski definition) is 2. The third kappa shape index (κ3) is 5.47. The Morgan fingerprint density at radius 3 is 2.45 bits per heavy atom. The number of alkyl halides is 3. The molecule has 1 fully saturated rings. The molecule has 2 N–H and O–H groups in total. The van der Waals surface area contributed by atoms with E-state index in [1.54, 1.807) is 0 Å². The van der Waals surface area contributed by atoms with Crippen LogP contribution in [-0.2, 0) is 25.7 Å². The maximum atomic E-state index is 13.1. The van der Waals surface area contributed by atoms with Crippen molar-refractivity contribution in [3.8, 4) is 11.4 Å². The van der Waals surface area contributed by atoms with Gasteiger partial charge in [0.05, 0.1) is 24.0 Å². The molecule has 1 unspecified atom stereocenters. The van der Waals surface area contributed by atoms with Crippen LogP contribution in [0.15, 0.2) is 78.9 Å². The summed E-state index contributed by atoms with van der Waals surface area (Å²) >= 11 is 0. The SMILES string of the molecule is O=C1Nc2ccccc2CN1C1CCCCN1Cc1nc(-c2ccc(C(F)(F)F)cc2)[nH]c1Cc1ccccc1. The molecule has 0 radical (unpaired) electrons. The molecule has 4 aromatic rings. The summed E-state index contributed by atoms with van der Waals surface area (Å²) in [6.07, 6.45) is -0.957. The molecule has 0 spiro atoms. The average molecular weight is 546 g/mol. The van der Waals surface area contributed by atoms with Gasteiger partial charge in [0.25, 0.3) is 0 Å². The van der Waals surface area contributed by atoms with Crippen LogP contribution in [-0.4, -0.2) is 38.5 Å². The smallest absolute Gasteiger partial charge is 0.341 e. The number of likely N-dealkylation sites (tertiary alicyclic amines) is 1. The summed E-state index contributed by atoms with van der Waals surface area (Å²) in [4.78, 5) is 25.6. The van der Waals surface area contributed by atoms with E-state index in [1.807, 2.05) is 59.5 Å². The van der Waals surface area contributed by atoms with Crippen LogP contribution in [0.1, 0.15) is 47.3 Å². The third-order valence-corrected chi connectivity index (χ3v) is 7.73. The van der Waals surface area contributed by atoms with Crippen molar-refractivity contribution in [2.75, 3.05) is 11.9 Å². The molecule has 206 valence electrons. The molecule has 9 heteroatoms. The summed E-state index contributed by atoms with van der Waals surface area (Å²) in [7, 11) is 0. The highest BCUT2D eigenvalue weighted by Gasteiger charge is 2.35. The zero-order valence-electron chi connectivity index (χ0n) is 21.9. The fourth-order valence-electron chi connectivity index (χ4n) is 5.64. The number of urea groups is 1. The van der Waals surface area contributed by atoms with Gasteiger partial charge in [0.2, 0.25) is 0 Å². The summed E-state index contributed by atoms with van der Waals surface area (Å²) < 4.78 is 39.4. The quantitative estimate of drug-likeness (QED) is 0.273. The highest BCUT2D eigenvalue weighted by atomic mass is 19.4. The zero-order valence-corrected chi connectivity index (χ0v) is 21.9. The molecule has 6 nitrogen and oxygen atoms in total. The molecule has 3 aromatic carbocycles. The number of nitrogens with one attached hydrogen (secondary N) is 2. The molecule has 2 aliphatic rings. The van der Waals surface area contributed by atoms with Crippen molar-refractivity contribution < 1.29 is 18.0 Å². The summed E-state index contributed by atoms with van der Waals surface area (Å²) in [6.45, 7) is 1.89. The van der Waals surface area contributed by atoms with E-state index in [9.17, 15) is 18.0 Å². The number of anilines is 1. The highest BCUT2D eigenvalue weighted by molar-refractivity contribution is 5.92. The van der Waals surface area contributed by atoms with Crippen molar-refractivity contribution in [1.29, 1.82) is 0 Å². The van der Waals surface area contributed by atoms with Gasteiger partial charge < -0.3 is 15.2 Å². The topological polar surface area (TPSA) is 64.3 Å². The summed E-state index contributed by atoms with van der Waals surface area (Å²) in [6, 6.07) is 22.9. The van der Waals surface area contributed by atoms with E-state index in [2.05, 4.69) is 15.2 Å². The first kappa shape index (κ1) is 26.1. The van der Waals surface area contributed by atoms with Crippen molar-refractivity contribution in [2.45, 2.75) is 51.1 Å². The van der Waals surface area contributed by atoms with Crippen molar-refractivity contribution in [3.63, 3.8) is 0 Å². The Morgan fingerprint density at radius 2 is 1.68 bits per heavy atom. The normalized spacial score (nSPS) is 17.9. The first-order valence-electron chi connectivity index (χ1n) is 13.5. The Labute approximate surface area is 230 Å². The second-order valence-electron chi connectivity index (χ2n) is 10.4. The molecule has 0 aliphatic carbocycles. The molecular weight excluding hydrogens is 515 g/mol. The predicted octanol–water partition coefficient (Wildman–Crippen LogP) is 7.05. The van der Waals surface area contributed by atoms with E-state index in [-0.39, 0.29) is 12.2 Å². The number of aromatic amines is 1. The number of fused-ring (bicyclic) bond motifs is 1. The maximum Gasteiger partial charge on any atom is 0.416 e. The Morgan fingerprint density at radius 1 is 0.925 bits per heavy atom. The van der Waals surface area contributed by atoms with Crippen LogP contribution in [0.5, 0.6) is 0 Å². The monoisotopic (exact) mass is 545 g/mol. The van der Waals surface area contributed by atoms with E-state index in [0.29, 0.717) is 30.9 Å². The van der Waals surface area contributed by atoms with E-state index >= 15 is 0 Å². The van der Waals surface area contributed by atoms with Crippen molar-refractivity contribution in [3.05, 3.63) is 107 Å². The number of rotatable bonds is 6. The molecule has 2 amide bonds.